The van der Waals surface area contributed by atoms with Crippen molar-refractivity contribution in [3.8, 4) is 5.75 Å². The lowest BCUT2D eigenvalue weighted by molar-refractivity contribution is -0.132. The van der Waals surface area contributed by atoms with Gasteiger partial charge in [-0.25, -0.2) is 0 Å². The van der Waals surface area contributed by atoms with Gasteiger partial charge in [0.1, 0.15) is 18.0 Å². The molecule has 0 radical (unpaired) electrons. The standard InChI is InChI=1S/C15H21NO4/c1-12-4-3-5-14(8-12)20-11-15(18)9-16(13(2)17)6-7-19-10-15/h3-5,8,18H,6-7,9-11H2,1-2H3/t15-/m1/s1. The van der Waals surface area contributed by atoms with Crippen molar-refractivity contribution in [2.24, 2.45) is 0 Å². The largest absolute Gasteiger partial charge is 0.490 e. The Hall–Kier alpha value is -1.59. The highest BCUT2D eigenvalue weighted by atomic mass is 16.5. The van der Waals surface area contributed by atoms with Gasteiger partial charge in [0.2, 0.25) is 5.91 Å². The van der Waals surface area contributed by atoms with Crippen molar-refractivity contribution in [1.82, 2.24) is 4.90 Å². The summed E-state index contributed by atoms with van der Waals surface area (Å²) in [7, 11) is 0. The number of nitrogens with zero attached hydrogens (tertiary/aromatic N) is 1. The van der Waals surface area contributed by atoms with Gasteiger partial charge in [0.25, 0.3) is 0 Å². The Balaban J connectivity index is 2.00. The van der Waals surface area contributed by atoms with Crippen LogP contribution in [0, 0.1) is 6.92 Å². The van der Waals surface area contributed by atoms with E-state index in [4.69, 9.17) is 9.47 Å². The van der Waals surface area contributed by atoms with Crippen molar-refractivity contribution in [2.75, 3.05) is 32.9 Å². The van der Waals surface area contributed by atoms with Crippen molar-refractivity contribution >= 4 is 5.91 Å². The van der Waals surface area contributed by atoms with Crippen LogP contribution in [0.15, 0.2) is 24.3 Å². The number of aliphatic hydroxyl groups is 1. The second kappa shape index (κ2) is 6.24. The molecule has 1 aliphatic heterocycles. The molecule has 2 rings (SSSR count). The van der Waals surface area contributed by atoms with E-state index in [1.807, 2.05) is 31.2 Å². The molecule has 1 fully saturated rings. The minimum Gasteiger partial charge on any atom is -0.490 e. The molecule has 1 amide bonds. The lowest BCUT2D eigenvalue weighted by Gasteiger charge is -2.30. The summed E-state index contributed by atoms with van der Waals surface area (Å²) >= 11 is 0. The summed E-state index contributed by atoms with van der Waals surface area (Å²) in [5, 5.41) is 10.6. The van der Waals surface area contributed by atoms with E-state index in [0.29, 0.717) is 18.9 Å². The SMILES string of the molecule is CC(=O)N1CCOC[C@@](O)(COc2cccc(C)c2)C1. The Kier molecular flexibility index (Phi) is 4.62. The first-order chi connectivity index (χ1) is 9.48. The zero-order valence-corrected chi connectivity index (χ0v) is 12.0. The smallest absolute Gasteiger partial charge is 0.219 e. The molecule has 0 aromatic heterocycles. The molecule has 1 saturated heterocycles. The molecule has 0 aliphatic carbocycles. The molecular weight excluding hydrogens is 258 g/mol. The van der Waals surface area contributed by atoms with Gasteiger partial charge in [0.05, 0.1) is 19.8 Å². The van der Waals surface area contributed by atoms with Crippen LogP contribution in [0.2, 0.25) is 0 Å². The summed E-state index contributed by atoms with van der Waals surface area (Å²) in [6.07, 6.45) is 0. The topological polar surface area (TPSA) is 59.0 Å². The molecule has 5 nitrogen and oxygen atoms in total. The molecule has 0 saturated carbocycles. The van der Waals surface area contributed by atoms with Gasteiger partial charge in [0.15, 0.2) is 0 Å². The van der Waals surface area contributed by atoms with Crippen LogP contribution < -0.4 is 4.74 Å². The summed E-state index contributed by atoms with van der Waals surface area (Å²) in [5.41, 5.74) is -0.0803. The van der Waals surface area contributed by atoms with Crippen LogP contribution in [-0.2, 0) is 9.53 Å². The first-order valence-electron chi connectivity index (χ1n) is 6.74. The zero-order valence-electron chi connectivity index (χ0n) is 12.0. The third-order valence-corrected chi connectivity index (χ3v) is 3.30. The van der Waals surface area contributed by atoms with Crippen molar-refractivity contribution < 1.29 is 19.4 Å². The Morgan fingerprint density at radius 2 is 2.35 bits per heavy atom. The maximum Gasteiger partial charge on any atom is 0.219 e. The number of hydrogen-bond donors (Lipinski definition) is 1. The van der Waals surface area contributed by atoms with E-state index in [1.165, 1.54) is 6.92 Å². The van der Waals surface area contributed by atoms with Crippen molar-refractivity contribution in [1.29, 1.82) is 0 Å². The van der Waals surface area contributed by atoms with E-state index in [9.17, 15) is 9.90 Å². The summed E-state index contributed by atoms with van der Waals surface area (Å²) in [6, 6.07) is 7.63. The Labute approximate surface area is 119 Å². The first-order valence-corrected chi connectivity index (χ1v) is 6.74. The molecule has 20 heavy (non-hydrogen) atoms. The molecule has 0 spiro atoms. The Morgan fingerprint density at radius 1 is 1.55 bits per heavy atom. The summed E-state index contributed by atoms with van der Waals surface area (Å²) < 4.78 is 11.0. The highest BCUT2D eigenvalue weighted by Gasteiger charge is 2.34. The summed E-state index contributed by atoms with van der Waals surface area (Å²) in [6.45, 7) is 4.91. The summed E-state index contributed by atoms with van der Waals surface area (Å²) in [4.78, 5) is 13.1. The predicted molar refractivity (Wildman–Crippen MR) is 74.7 cm³/mol. The van der Waals surface area contributed by atoms with E-state index >= 15 is 0 Å². The quantitative estimate of drug-likeness (QED) is 0.896. The van der Waals surface area contributed by atoms with Gasteiger partial charge in [-0.3, -0.25) is 4.79 Å². The van der Waals surface area contributed by atoms with Gasteiger partial charge in [-0.15, -0.1) is 0 Å². The maximum atomic E-state index is 11.5. The van der Waals surface area contributed by atoms with E-state index in [1.54, 1.807) is 4.90 Å². The molecule has 1 atom stereocenters. The van der Waals surface area contributed by atoms with E-state index < -0.39 is 5.60 Å². The number of carbonyl (C=O) groups is 1. The van der Waals surface area contributed by atoms with Crippen molar-refractivity contribution in [3.63, 3.8) is 0 Å². The summed E-state index contributed by atoms with van der Waals surface area (Å²) in [5.74, 6) is 0.640. The van der Waals surface area contributed by atoms with Crippen LogP contribution in [0.1, 0.15) is 12.5 Å². The van der Waals surface area contributed by atoms with Crippen LogP contribution in [0.25, 0.3) is 0 Å². The zero-order chi connectivity index (χ0) is 14.6. The lowest BCUT2D eigenvalue weighted by atomic mass is 10.1. The minimum absolute atomic E-state index is 0.0653. The van der Waals surface area contributed by atoms with Gasteiger partial charge in [-0.05, 0) is 24.6 Å². The highest BCUT2D eigenvalue weighted by molar-refractivity contribution is 5.73. The fourth-order valence-corrected chi connectivity index (χ4v) is 2.20. The molecule has 0 bridgehead atoms. The number of carbonyl (C=O) groups excluding carboxylic acids is 1. The van der Waals surface area contributed by atoms with Gasteiger partial charge in [0, 0.05) is 13.5 Å². The molecule has 0 unspecified atom stereocenters. The number of ether oxygens (including phenoxy) is 2. The number of hydrogen-bond acceptors (Lipinski definition) is 4. The third-order valence-electron chi connectivity index (χ3n) is 3.30. The van der Waals surface area contributed by atoms with Crippen molar-refractivity contribution in [3.05, 3.63) is 29.8 Å². The molecule has 1 aliphatic rings. The molecule has 1 aromatic carbocycles. The Bertz CT molecular complexity index is 477. The lowest BCUT2D eigenvalue weighted by Crippen LogP contribution is -2.49. The molecule has 110 valence electrons. The normalized spacial score (nSPS) is 23.2. The fourth-order valence-electron chi connectivity index (χ4n) is 2.20. The fraction of sp³-hybridized carbons (Fsp3) is 0.533. The van der Waals surface area contributed by atoms with E-state index in [-0.39, 0.29) is 25.7 Å². The Morgan fingerprint density at radius 3 is 3.05 bits per heavy atom. The van der Waals surface area contributed by atoms with Crippen LogP contribution in [0.5, 0.6) is 5.75 Å². The van der Waals surface area contributed by atoms with Crippen LogP contribution in [-0.4, -0.2) is 54.4 Å². The maximum absolute atomic E-state index is 11.5. The third kappa shape index (κ3) is 3.95. The second-order valence-electron chi connectivity index (χ2n) is 5.32. The number of rotatable bonds is 3. The van der Waals surface area contributed by atoms with Gasteiger partial charge in [-0.1, -0.05) is 12.1 Å². The average molecular weight is 279 g/mol. The predicted octanol–water partition coefficient (Wildman–Crippen LogP) is 0.984. The molecule has 5 heteroatoms. The van der Waals surface area contributed by atoms with E-state index in [2.05, 4.69) is 0 Å². The van der Waals surface area contributed by atoms with Gasteiger partial charge >= 0.3 is 0 Å². The highest BCUT2D eigenvalue weighted by Crippen LogP contribution is 2.17. The second-order valence-corrected chi connectivity index (χ2v) is 5.32. The number of β-amino-alcohol motifs (C(OH)–C–C–N with tert-alkyl or cyclic N) is 1. The molecule has 1 N–H and O–H groups in total. The minimum atomic E-state index is -1.17. The molecular formula is C15H21NO4. The monoisotopic (exact) mass is 279 g/mol. The van der Waals surface area contributed by atoms with Gasteiger partial charge in [-0.2, -0.15) is 0 Å². The number of amides is 1. The van der Waals surface area contributed by atoms with Crippen LogP contribution in [0.4, 0.5) is 0 Å². The van der Waals surface area contributed by atoms with Gasteiger partial charge < -0.3 is 19.5 Å². The molecule has 1 aromatic rings. The number of benzene rings is 1. The first kappa shape index (κ1) is 14.8. The van der Waals surface area contributed by atoms with Crippen molar-refractivity contribution in [2.45, 2.75) is 19.4 Å². The van der Waals surface area contributed by atoms with E-state index in [0.717, 1.165) is 5.56 Å². The average Bonchev–Trinajstić information content (AvgIpc) is 2.59. The number of aryl methyl sites for hydroxylation is 1. The van der Waals surface area contributed by atoms with Crippen LogP contribution in [0.3, 0.4) is 0 Å². The van der Waals surface area contributed by atoms with Crippen LogP contribution >= 0.6 is 0 Å². The molecule has 1 heterocycles.